The number of anilines is 2. The number of aromatic nitrogens is 6. The molecule has 36 heavy (non-hydrogen) atoms. The topological polar surface area (TPSA) is 123 Å². The zero-order valence-electron chi connectivity index (χ0n) is 19.6. The first kappa shape index (κ1) is 25.5. The number of hydrogen-bond donors (Lipinski definition) is 3. The molecule has 0 aliphatic carbocycles. The van der Waals surface area contributed by atoms with Crippen molar-refractivity contribution in [2.75, 3.05) is 18.5 Å². The van der Waals surface area contributed by atoms with Crippen LogP contribution in [-0.2, 0) is 6.54 Å². The van der Waals surface area contributed by atoms with E-state index in [0.717, 1.165) is 0 Å². The Morgan fingerprint density at radius 1 is 1.22 bits per heavy atom. The van der Waals surface area contributed by atoms with Crippen molar-refractivity contribution in [1.82, 2.24) is 34.6 Å². The Bertz CT molecular complexity index is 1370. The highest BCUT2D eigenvalue weighted by Crippen LogP contribution is 2.25. The number of hydrogen-bond acceptors (Lipinski definition) is 7. The summed E-state index contributed by atoms with van der Waals surface area (Å²) in [4.78, 5) is 25.9. The molecule has 0 radical (unpaired) electrons. The van der Waals surface area contributed by atoms with Gasteiger partial charge in [-0.15, -0.1) is 0 Å². The summed E-state index contributed by atoms with van der Waals surface area (Å²) in [6, 6.07) is 3.29. The second-order valence-electron chi connectivity index (χ2n) is 8.69. The summed E-state index contributed by atoms with van der Waals surface area (Å²) in [6.45, 7) is 2.20. The molecule has 4 rings (SSSR count). The Morgan fingerprint density at radius 2 is 2.03 bits per heavy atom. The van der Waals surface area contributed by atoms with Crippen LogP contribution in [0.3, 0.4) is 0 Å². The number of pyridine rings is 2. The maximum Gasteiger partial charge on any atom is 0.255 e. The third-order valence-electron chi connectivity index (χ3n) is 5.38. The van der Waals surface area contributed by atoms with Gasteiger partial charge in [-0.1, -0.05) is 11.6 Å². The molecule has 4 aromatic heterocycles. The minimum Gasteiger partial charge on any atom is -0.387 e. The first-order valence-corrected chi connectivity index (χ1v) is 11.5. The lowest BCUT2D eigenvalue weighted by atomic mass is 10.0. The quantitative estimate of drug-likeness (QED) is 0.293. The number of aliphatic hydroxyl groups is 1. The molecule has 0 fully saturated rings. The predicted molar refractivity (Wildman–Crippen MR) is 131 cm³/mol. The van der Waals surface area contributed by atoms with Crippen LogP contribution >= 0.6 is 11.6 Å². The largest absolute Gasteiger partial charge is 0.387 e. The van der Waals surface area contributed by atoms with Crippen molar-refractivity contribution in [2.45, 2.75) is 38.6 Å². The molecule has 0 aliphatic heterocycles. The monoisotopic (exact) mass is 518 g/mol. The number of amides is 1. The summed E-state index contributed by atoms with van der Waals surface area (Å²) in [5.41, 5.74) is 0.522. The lowest BCUT2D eigenvalue weighted by Gasteiger charge is -2.22. The Kier molecular flexibility index (Phi) is 7.45. The molecule has 1 amide bonds. The van der Waals surface area contributed by atoms with Gasteiger partial charge in [0.15, 0.2) is 5.65 Å². The Morgan fingerprint density at radius 3 is 2.78 bits per heavy atom. The minimum atomic E-state index is -1.67. The van der Waals surface area contributed by atoms with Crippen molar-refractivity contribution < 1.29 is 18.7 Å². The van der Waals surface area contributed by atoms with Crippen LogP contribution in [0.4, 0.5) is 20.2 Å². The highest BCUT2D eigenvalue weighted by molar-refractivity contribution is 6.31. The molecule has 190 valence electrons. The highest BCUT2D eigenvalue weighted by atomic mass is 35.5. The molecule has 0 bridgehead atoms. The lowest BCUT2D eigenvalue weighted by molar-refractivity contribution is -0.00177. The molecule has 1 atom stereocenters. The van der Waals surface area contributed by atoms with E-state index < -0.39 is 24.4 Å². The van der Waals surface area contributed by atoms with Gasteiger partial charge in [0.1, 0.15) is 23.8 Å². The van der Waals surface area contributed by atoms with Gasteiger partial charge in [-0.25, -0.2) is 19.3 Å². The van der Waals surface area contributed by atoms with Gasteiger partial charge in [-0.2, -0.15) is 5.10 Å². The van der Waals surface area contributed by atoms with Crippen molar-refractivity contribution in [3.05, 3.63) is 53.8 Å². The number of aryl methyl sites for hydroxylation is 1. The fourth-order valence-electron chi connectivity index (χ4n) is 3.36. The van der Waals surface area contributed by atoms with Crippen LogP contribution in [-0.4, -0.2) is 65.3 Å². The molecule has 0 saturated carbocycles. The maximum absolute atomic E-state index is 14.2. The van der Waals surface area contributed by atoms with E-state index in [1.165, 1.54) is 32.6 Å². The van der Waals surface area contributed by atoms with E-state index in [9.17, 15) is 18.7 Å². The lowest BCUT2D eigenvalue weighted by Crippen LogP contribution is -2.42. The van der Waals surface area contributed by atoms with E-state index in [4.69, 9.17) is 11.6 Å². The van der Waals surface area contributed by atoms with Crippen molar-refractivity contribution in [2.24, 2.45) is 0 Å². The minimum absolute atomic E-state index is 0.138. The van der Waals surface area contributed by atoms with Crippen molar-refractivity contribution in [3.8, 4) is 5.82 Å². The summed E-state index contributed by atoms with van der Waals surface area (Å²) in [6.07, 6.45) is 6.25. The van der Waals surface area contributed by atoms with E-state index in [1.54, 1.807) is 33.8 Å². The summed E-state index contributed by atoms with van der Waals surface area (Å²) in [7, 11) is 0. The van der Waals surface area contributed by atoms with E-state index in [-0.39, 0.29) is 12.1 Å². The summed E-state index contributed by atoms with van der Waals surface area (Å²) < 4.78 is 29.9. The Hall–Kier alpha value is -3.64. The number of rotatable bonds is 10. The van der Waals surface area contributed by atoms with Crippen LogP contribution in [0.5, 0.6) is 0 Å². The summed E-state index contributed by atoms with van der Waals surface area (Å²) >= 11 is 6.01. The first-order valence-electron chi connectivity index (χ1n) is 11.1. The van der Waals surface area contributed by atoms with Crippen LogP contribution in [0, 0.1) is 0 Å². The number of fused-ring (bicyclic) bond motifs is 1. The van der Waals surface area contributed by atoms with Gasteiger partial charge in [0.05, 0.1) is 47.0 Å². The number of imidazole rings is 1. The number of nitrogens with one attached hydrogen (secondary N) is 2. The standard InChI is InChI=1S/C23H25ClF2N8O2/c1-23(2,36)19(26)11-29-22(35)16-10-27-20(34-13-30-18-6-14(24)8-28-21(18)34)7-17(16)32-15-9-31-33(12-15)5-3-4-25/h6-10,12-13,19,36H,3-5,11H2,1-2H3,(H,27,32)(H,29,35). The zero-order chi connectivity index (χ0) is 25.9. The van der Waals surface area contributed by atoms with Crippen LogP contribution in [0.25, 0.3) is 17.0 Å². The van der Waals surface area contributed by atoms with Gasteiger partial charge in [0.2, 0.25) is 0 Å². The fourth-order valence-corrected chi connectivity index (χ4v) is 3.51. The van der Waals surface area contributed by atoms with E-state index in [0.29, 0.717) is 46.3 Å². The molecule has 0 aliphatic rings. The SMILES string of the molecule is CC(C)(O)C(F)CNC(=O)c1cnc(-n2cnc3cc(Cl)cnc32)cc1Nc1cnn(CCCF)c1. The molecule has 4 aromatic rings. The molecule has 0 aromatic carbocycles. The zero-order valence-corrected chi connectivity index (χ0v) is 20.4. The third-order valence-corrected chi connectivity index (χ3v) is 5.58. The predicted octanol–water partition coefficient (Wildman–Crippen LogP) is 3.61. The highest BCUT2D eigenvalue weighted by Gasteiger charge is 2.27. The van der Waals surface area contributed by atoms with Crippen molar-refractivity contribution in [3.63, 3.8) is 0 Å². The molecular weight excluding hydrogens is 494 g/mol. The second-order valence-corrected chi connectivity index (χ2v) is 9.13. The van der Waals surface area contributed by atoms with Gasteiger partial charge in [0.25, 0.3) is 5.91 Å². The smallest absolute Gasteiger partial charge is 0.255 e. The van der Waals surface area contributed by atoms with E-state index in [2.05, 4.69) is 30.7 Å². The summed E-state index contributed by atoms with van der Waals surface area (Å²) in [5.74, 6) is -0.176. The van der Waals surface area contributed by atoms with Crippen LogP contribution in [0.1, 0.15) is 30.6 Å². The fraction of sp³-hybridized carbons (Fsp3) is 0.348. The Labute approximate surface area is 210 Å². The molecular formula is C23H25ClF2N8O2. The maximum atomic E-state index is 14.2. The molecule has 3 N–H and O–H groups in total. The number of carbonyl (C=O) groups excluding carboxylic acids is 1. The molecule has 13 heteroatoms. The average Bonchev–Trinajstić information content (AvgIpc) is 3.46. The van der Waals surface area contributed by atoms with Gasteiger partial charge in [-0.3, -0.25) is 18.4 Å². The third kappa shape index (κ3) is 5.77. The number of alkyl halides is 2. The normalized spacial score (nSPS) is 12.6. The van der Waals surface area contributed by atoms with Crippen LogP contribution in [0.2, 0.25) is 5.02 Å². The number of halogens is 3. The number of nitrogens with zero attached hydrogens (tertiary/aromatic N) is 6. The number of carbonyl (C=O) groups is 1. The van der Waals surface area contributed by atoms with Gasteiger partial charge < -0.3 is 15.7 Å². The van der Waals surface area contributed by atoms with Gasteiger partial charge in [-0.05, 0) is 26.3 Å². The van der Waals surface area contributed by atoms with Crippen molar-refractivity contribution in [1.29, 1.82) is 0 Å². The first-order chi connectivity index (χ1) is 17.2. The second kappa shape index (κ2) is 10.5. The molecule has 10 nitrogen and oxygen atoms in total. The van der Waals surface area contributed by atoms with E-state index in [1.807, 2.05) is 0 Å². The van der Waals surface area contributed by atoms with Crippen LogP contribution in [0.15, 0.2) is 43.2 Å². The summed E-state index contributed by atoms with van der Waals surface area (Å²) in [5, 5.41) is 20.1. The molecule has 4 heterocycles. The van der Waals surface area contributed by atoms with E-state index >= 15 is 0 Å². The molecule has 1 unspecified atom stereocenters. The van der Waals surface area contributed by atoms with Crippen LogP contribution < -0.4 is 10.6 Å². The molecule has 0 spiro atoms. The molecule has 0 saturated heterocycles. The average molecular weight is 519 g/mol. The van der Waals surface area contributed by atoms with Gasteiger partial charge in [0, 0.05) is 31.2 Å². The van der Waals surface area contributed by atoms with Gasteiger partial charge >= 0.3 is 0 Å². The Balaban J connectivity index is 1.67. The van der Waals surface area contributed by atoms with Crippen molar-refractivity contribution >= 4 is 40.0 Å².